The second-order valence-electron chi connectivity index (χ2n) is 5.06. The van der Waals surface area contributed by atoms with Crippen molar-refractivity contribution in [3.05, 3.63) is 29.6 Å². The molecule has 9 heteroatoms. The first-order chi connectivity index (χ1) is 10.6. The summed E-state index contributed by atoms with van der Waals surface area (Å²) in [5.41, 5.74) is -2.11. The van der Waals surface area contributed by atoms with Crippen molar-refractivity contribution in [2.45, 2.75) is 26.1 Å². The molecule has 0 heterocycles. The van der Waals surface area contributed by atoms with Gasteiger partial charge in [-0.25, -0.2) is 4.39 Å². The van der Waals surface area contributed by atoms with Crippen LogP contribution in [0.1, 0.15) is 19.4 Å². The molecule has 0 spiro atoms. The smallest absolute Gasteiger partial charge is 0.396 e. The lowest BCUT2D eigenvalue weighted by Crippen LogP contribution is -2.44. The van der Waals surface area contributed by atoms with E-state index in [0.29, 0.717) is 0 Å². The molecule has 0 aliphatic rings. The molecule has 0 aliphatic heterocycles. The molecule has 0 saturated carbocycles. The van der Waals surface area contributed by atoms with E-state index < -0.39 is 41.1 Å². The lowest BCUT2D eigenvalue weighted by Gasteiger charge is -2.19. The number of rotatable bonds is 4. The van der Waals surface area contributed by atoms with Crippen LogP contribution in [-0.2, 0) is 15.8 Å². The Morgan fingerprint density at radius 3 is 2.35 bits per heavy atom. The van der Waals surface area contributed by atoms with Crippen LogP contribution in [0.25, 0.3) is 0 Å². The molecule has 5 nitrogen and oxygen atoms in total. The summed E-state index contributed by atoms with van der Waals surface area (Å²) in [7, 11) is 0. The minimum atomic E-state index is -4.89. The normalized spacial score (nSPS) is 14.0. The molecular weight excluding hydrogens is 320 g/mol. The number of carbonyl (C=O) groups is 2. The van der Waals surface area contributed by atoms with Crippen LogP contribution in [0.4, 0.5) is 23.2 Å². The minimum Gasteiger partial charge on any atom is -0.396 e. The van der Waals surface area contributed by atoms with E-state index in [9.17, 15) is 27.2 Å². The third kappa shape index (κ3) is 5.20. The number of anilines is 1. The largest absolute Gasteiger partial charge is 0.418 e. The average Bonchev–Trinajstić information content (AvgIpc) is 2.46. The van der Waals surface area contributed by atoms with Gasteiger partial charge in [-0.2, -0.15) is 13.2 Å². The fraction of sp³-hybridized carbons (Fsp3) is 0.429. The number of benzene rings is 1. The Morgan fingerprint density at radius 2 is 1.83 bits per heavy atom. The van der Waals surface area contributed by atoms with E-state index in [2.05, 4.69) is 5.32 Å². The Balaban J connectivity index is 2.88. The van der Waals surface area contributed by atoms with Crippen molar-refractivity contribution < 1.29 is 32.3 Å². The van der Waals surface area contributed by atoms with E-state index >= 15 is 0 Å². The Morgan fingerprint density at radius 1 is 1.22 bits per heavy atom. The fourth-order valence-corrected chi connectivity index (χ4v) is 1.61. The zero-order valence-corrected chi connectivity index (χ0v) is 12.4. The van der Waals surface area contributed by atoms with Gasteiger partial charge in [-0.15, -0.1) is 0 Å². The van der Waals surface area contributed by atoms with Crippen LogP contribution >= 0.6 is 0 Å². The predicted molar refractivity (Wildman–Crippen MR) is 73.9 cm³/mol. The molecule has 0 aliphatic carbocycles. The molecule has 0 aromatic heterocycles. The summed E-state index contributed by atoms with van der Waals surface area (Å²) >= 11 is 0. The first-order valence-corrected chi connectivity index (χ1v) is 6.65. The highest BCUT2D eigenvalue weighted by Gasteiger charge is 2.35. The van der Waals surface area contributed by atoms with Gasteiger partial charge in [-0.1, -0.05) is 6.92 Å². The van der Waals surface area contributed by atoms with E-state index in [-0.39, 0.29) is 18.6 Å². The zero-order valence-electron chi connectivity index (χ0n) is 12.4. The van der Waals surface area contributed by atoms with Crippen LogP contribution in [0.15, 0.2) is 18.2 Å². The van der Waals surface area contributed by atoms with Crippen molar-refractivity contribution in [3.8, 4) is 0 Å². The van der Waals surface area contributed by atoms with Gasteiger partial charge in [0, 0.05) is 12.6 Å². The third-order valence-corrected chi connectivity index (χ3v) is 3.24. The second kappa shape index (κ2) is 7.40. The van der Waals surface area contributed by atoms with Crippen molar-refractivity contribution in [2.75, 3.05) is 11.9 Å². The molecule has 2 amide bonds. The van der Waals surface area contributed by atoms with Gasteiger partial charge in [-0.3, -0.25) is 9.59 Å². The molecular formula is C14H16F4N2O3. The lowest BCUT2D eigenvalue weighted by molar-refractivity contribution is -0.138. The van der Waals surface area contributed by atoms with Gasteiger partial charge in [0.2, 0.25) is 0 Å². The van der Waals surface area contributed by atoms with Gasteiger partial charge in [0.15, 0.2) is 0 Å². The molecule has 128 valence electrons. The maximum absolute atomic E-state index is 13.0. The summed E-state index contributed by atoms with van der Waals surface area (Å²) in [5.74, 6) is -3.94. The van der Waals surface area contributed by atoms with Gasteiger partial charge < -0.3 is 15.7 Å². The number of aliphatic hydroxyl groups is 1. The van der Waals surface area contributed by atoms with E-state index in [1.807, 2.05) is 0 Å². The molecule has 1 aromatic carbocycles. The Kier molecular flexibility index (Phi) is 6.08. The van der Waals surface area contributed by atoms with Gasteiger partial charge in [0.25, 0.3) is 0 Å². The van der Waals surface area contributed by atoms with E-state index in [4.69, 9.17) is 5.11 Å². The predicted octanol–water partition coefficient (Wildman–Crippen LogP) is 1.92. The van der Waals surface area contributed by atoms with Crippen molar-refractivity contribution in [3.63, 3.8) is 0 Å². The number of nitrogens with one attached hydrogen (secondary N) is 2. The second-order valence-corrected chi connectivity index (χ2v) is 5.06. The minimum absolute atomic E-state index is 0.226. The van der Waals surface area contributed by atoms with Crippen LogP contribution in [0, 0.1) is 11.7 Å². The summed E-state index contributed by atoms with van der Waals surface area (Å²) in [6.45, 7) is 2.91. The summed E-state index contributed by atoms with van der Waals surface area (Å²) < 4.78 is 51.3. The van der Waals surface area contributed by atoms with Crippen LogP contribution in [0.2, 0.25) is 0 Å². The molecule has 23 heavy (non-hydrogen) atoms. The summed E-state index contributed by atoms with van der Waals surface area (Å²) in [4.78, 5) is 23.3. The maximum atomic E-state index is 13.0. The zero-order chi connectivity index (χ0) is 17.8. The molecule has 1 aromatic rings. The summed E-state index contributed by atoms with van der Waals surface area (Å²) in [6.07, 6.45) is -4.89. The molecule has 3 N–H and O–H groups in total. The maximum Gasteiger partial charge on any atom is 0.418 e. The van der Waals surface area contributed by atoms with Crippen molar-refractivity contribution in [2.24, 2.45) is 5.92 Å². The lowest BCUT2D eigenvalue weighted by atomic mass is 10.1. The fourth-order valence-electron chi connectivity index (χ4n) is 1.61. The van der Waals surface area contributed by atoms with Crippen molar-refractivity contribution in [1.29, 1.82) is 0 Å². The monoisotopic (exact) mass is 336 g/mol. The SMILES string of the molecule is CC(CO)C(C)NC(=O)C(=O)Nc1ccc(F)cc1C(F)(F)F. The molecule has 0 bridgehead atoms. The summed E-state index contributed by atoms with van der Waals surface area (Å²) in [6, 6.07) is 1.13. The van der Waals surface area contributed by atoms with Crippen LogP contribution in [-0.4, -0.2) is 29.6 Å². The van der Waals surface area contributed by atoms with Gasteiger partial charge in [-0.05, 0) is 31.0 Å². The number of hydrogen-bond donors (Lipinski definition) is 3. The number of aliphatic hydroxyl groups excluding tert-OH is 1. The highest BCUT2D eigenvalue weighted by molar-refractivity contribution is 6.39. The quantitative estimate of drug-likeness (QED) is 0.581. The Hall–Kier alpha value is -2.16. The standard InChI is InChI=1S/C14H16F4N2O3/c1-7(6-21)8(2)19-12(22)13(23)20-11-4-3-9(15)5-10(11)14(16,17)18/h3-5,7-8,21H,6H2,1-2H3,(H,19,22)(H,20,23). The van der Waals surface area contributed by atoms with Gasteiger partial charge in [0.05, 0.1) is 11.3 Å². The highest BCUT2D eigenvalue weighted by atomic mass is 19.4. The van der Waals surface area contributed by atoms with Crippen LogP contribution in [0.5, 0.6) is 0 Å². The first kappa shape index (κ1) is 18.9. The molecule has 0 radical (unpaired) electrons. The molecule has 2 unspecified atom stereocenters. The Bertz CT molecular complexity index is 590. The van der Waals surface area contributed by atoms with Gasteiger partial charge in [0.1, 0.15) is 5.82 Å². The van der Waals surface area contributed by atoms with Crippen molar-refractivity contribution >= 4 is 17.5 Å². The molecule has 2 atom stereocenters. The first-order valence-electron chi connectivity index (χ1n) is 6.65. The average molecular weight is 336 g/mol. The van der Waals surface area contributed by atoms with Gasteiger partial charge >= 0.3 is 18.0 Å². The van der Waals surface area contributed by atoms with Crippen LogP contribution < -0.4 is 10.6 Å². The number of amides is 2. The Labute approximate surface area is 129 Å². The molecule has 1 rings (SSSR count). The number of carbonyl (C=O) groups excluding carboxylic acids is 2. The summed E-state index contributed by atoms with van der Waals surface area (Å²) in [5, 5.41) is 13.0. The van der Waals surface area contributed by atoms with E-state index in [0.717, 1.165) is 12.1 Å². The molecule has 0 fully saturated rings. The van der Waals surface area contributed by atoms with Crippen LogP contribution in [0.3, 0.4) is 0 Å². The number of alkyl halides is 3. The number of halogens is 4. The topological polar surface area (TPSA) is 78.4 Å². The van der Waals surface area contributed by atoms with Crippen molar-refractivity contribution in [1.82, 2.24) is 5.32 Å². The van der Waals surface area contributed by atoms with E-state index in [1.54, 1.807) is 12.2 Å². The highest BCUT2D eigenvalue weighted by Crippen LogP contribution is 2.35. The number of hydrogen-bond acceptors (Lipinski definition) is 3. The third-order valence-electron chi connectivity index (χ3n) is 3.24. The van der Waals surface area contributed by atoms with E-state index in [1.165, 1.54) is 6.92 Å². The molecule has 0 saturated heterocycles.